The third-order valence-corrected chi connectivity index (χ3v) is 4.82. The molecular formula is C18H30N2O. The van der Waals surface area contributed by atoms with E-state index in [9.17, 15) is 0 Å². The highest BCUT2D eigenvalue weighted by Crippen LogP contribution is 2.28. The first-order valence-corrected chi connectivity index (χ1v) is 8.24. The van der Waals surface area contributed by atoms with Crippen LogP contribution in [-0.2, 0) is 0 Å². The Kier molecular flexibility index (Phi) is 6.07. The summed E-state index contributed by atoms with van der Waals surface area (Å²) < 4.78 is 5.54. The summed E-state index contributed by atoms with van der Waals surface area (Å²) in [4.78, 5) is 2.60. The summed E-state index contributed by atoms with van der Waals surface area (Å²) >= 11 is 0. The van der Waals surface area contributed by atoms with Crippen LogP contribution in [0.4, 0.5) is 0 Å². The van der Waals surface area contributed by atoms with Gasteiger partial charge in [-0.3, -0.25) is 0 Å². The van der Waals surface area contributed by atoms with Gasteiger partial charge in [-0.2, -0.15) is 0 Å². The van der Waals surface area contributed by atoms with Crippen LogP contribution >= 0.6 is 0 Å². The van der Waals surface area contributed by atoms with Crippen LogP contribution in [0.1, 0.15) is 38.8 Å². The number of likely N-dealkylation sites (tertiary alicyclic amines) is 1. The molecule has 1 aromatic rings. The van der Waals surface area contributed by atoms with Crippen LogP contribution < -0.4 is 10.1 Å². The predicted octanol–water partition coefficient (Wildman–Crippen LogP) is 3.32. The van der Waals surface area contributed by atoms with E-state index in [1.165, 1.54) is 25.1 Å². The molecule has 1 saturated heterocycles. The first kappa shape index (κ1) is 16.3. The van der Waals surface area contributed by atoms with E-state index >= 15 is 0 Å². The molecule has 0 aliphatic carbocycles. The molecule has 21 heavy (non-hydrogen) atoms. The zero-order valence-corrected chi connectivity index (χ0v) is 13.9. The van der Waals surface area contributed by atoms with Crippen molar-refractivity contribution < 1.29 is 4.74 Å². The number of para-hydroxylation sites is 1. The molecular weight excluding hydrogens is 260 g/mol. The molecule has 1 aliphatic heterocycles. The monoisotopic (exact) mass is 290 g/mol. The third-order valence-electron chi connectivity index (χ3n) is 4.82. The lowest BCUT2D eigenvalue weighted by Gasteiger charge is -2.37. The normalized spacial score (nSPS) is 24.8. The van der Waals surface area contributed by atoms with E-state index in [1.54, 1.807) is 7.11 Å². The molecule has 1 aliphatic rings. The third kappa shape index (κ3) is 4.21. The molecule has 1 heterocycles. The quantitative estimate of drug-likeness (QED) is 0.870. The van der Waals surface area contributed by atoms with Gasteiger partial charge < -0.3 is 15.0 Å². The Balaban J connectivity index is 2.08. The average Bonchev–Trinajstić information content (AvgIpc) is 2.50. The molecule has 118 valence electrons. The second-order valence-corrected chi connectivity index (χ2v) is 6.36. The van der Waals surface area contributed by atoms with Gasteiger partial charge in [0.2, 0.25) is 0 Å². The Hall–Kier alpha value is -1.06. The van der Waals surface area contributed by atoms with Crippen LogP contribution in [0.25, 0.3) is 0 Å². The fourth-order valence-electron chi connectivity index (χ4n) is 3.25. The first-order chi connectivity index (χ1) is 10.2. The van der Waals surface area contributed by atoms with Gasteiger partial charge in [0.1, 0.15) is 5.75 Å². The fraction of sp³-hybridized carbons (Fsp3) is 0.667. The molecule has 3 heteroatoms. The molecule has 0 saturated carbocycles. The molecule has 0 amide bonds. The highest BCUT2D eigenvalue weighted by Gasteiger charge is 2.25. The van der Waals surface area contributed by atoms with Crippen molar-refractivity contribution in [2.24, 2.45) is 11.8 Å². The van der Waals surface area contributed by atoms with Gasteiger partial charge in [-0.25, -0.2) is 0 Å². The van der Waals surface area contributed by atoms with Gasteiger partial charge in [0.05, 0.1) is 7.11 Å². The maximum absolute atomic E-state index is 5.54. The summed E-state index contributed by atoms with van der Waals surface area (Å²) in [6.07, 6.45) is 1.31. The Morgan fingerprint density at radius 2 is 2.05 bits per heavy atom. The number of rotatable bonds is 6. The molecule has 1 aromatic carbocycles. The summed E-state index contributed by atoms with van der Waals surface area (Å²) in [6.45, 7) is 11.4. The zero-order valence-electron chi connectivity index (χ0n) is 13.9. The maximum atomic E-state index is 5.54. The van der Waals surface area contributed by atoms with Crippen molar-refractivity contribution in [3.63, 3.8) is 0 Å². The summed E-state index contributed by atoms with van der Waals surface area (Å²) in [5.74, 6) is 2.63. The molecule has 1 N–H and O–H groups in total. The number of piperidine rings is 1. The second kappa shape index (κ2) is 7.81. The van der Waals surface area contributed by atoms with Crippen LogP contribution in [0.2, 0.25) is 0 Å². The van der Waals surface area contributed by atoms with Crippen LogP contribution in [0.15, 0.2) is 24.3 Å². The molecule has 0 radical (unpaired) electrons. The molecule has 0 bridgehead atoms. The Bertz CT molecular complexity index is 435. The van der Waals surface area contributed by atoms with Crippen molar-refractivity contribution in [2.45, 2.75) is 33.2 Å². The lowest BCUT2D eigenvalue weighted by Crippen LogP contribution is -2.43. The van der Waals surface area contributed by atoms with Crippen LogP contribution in [-0.4, -0.2) is 38.2 Å². The van der Waals surface area contributed by atoms with Crippen molar-refractivity contribution in [1.29, 1.82) is 0 Å². The van der Waals surface area contributed by atoms with E-state index in [1.807, 2.05) is 6.07 Å². The highest BCUT2D eigenvalue weighted by molar-refractivity contribution is 5.36. The summed E-state index contributed by atoms with van der Waals surface area (Å²) in [5.41, 5.74) is 1.27. The van der Waals surface area contributed by atoms with Gasteiger partial charge in [-0.05, 0) is 37.4 Å². The molecule has 2 rings (SSSR count). The first-order valence-electron chi connectivity index (χ1n) is 8.24. The Labute approximate surface area is 129 Å². The summed E-state index contributed by atoms with van der Waals surface area (Å²) in [5, 5.41) is 3.63. The van der Waals surface area contributed by atoms with Crippen LogP contribution in [0.5, 0.6) is 5.75 Å². The smallest absolute Gasteiger partial charge is 0.123 e. The molecule has 1 fully saturated rings. The lowest BCUT2D eigenvalue weighted by atomic mass is 9.88. The minimum Gasteiger partial charge on any atom is -0.496 e. The number of nitrogens with zero attached hydrogens (tertiary/aromatic N) is 1. The van der Waals surface area contributed by atoms with Crippen molar-refractivity contribution in [1.82, 2.24) is 10.2 Å². The van der Waals surface area contributed by atoms with E-state index in [0.717, 1.165) is 30.7 Å². The number of hydrogen-bond acceptors (Lipinski definition) is 3. The number of methoxy groups -OCH3 is 1. The van der Waals surface area contributed by atoms with Gasteiger partial charge in [0.15, 0.2) is 0 Å². The fourth-order valence-corrected chi connectivity index (χ4v) is 3.25. The van der Waals surface area contributed by atoms with E-state index in [0.29, 0.717) is 6.04 Å². The Morgan fingerprint density at radius 3 is 2.71 bits per heavy atom. The van der Waals surface area contributed by atoms with Crippen molar-refractivity contribution >= 4 is 0 Å². The maximum Gasteiger partial charge on any atom is 0.123 e. The number of benzene rings is 1. The van der Waals surface area contributed by atoms with Crippen LogP contribution in [0.3, 0.4) is 0 Å². The van der Waals surface area contributed by atoms with Gasteiger partial charge in [0, 0.05) is 24.7 Å². The zero-order chi connectivity index (χ0) is 15.2. The van der Waals surface area contributed by atoms with Gasteiger partial charge in [-0.15, -0.1) is 0 Å². The minimum atomic E-state index is 0.340. The number of likely N-dealkylation sites (N-methyl/N-ethyl adjacent to an activating group) is 1. The van der Waals surface area contributed by atoms with E-state index in [4.69, 9.17) is 4.74 Å². The predicted molar refractivity (Wildman–Crippen MR) is 88.8 cm³/mol. The molecule has 3 nitrogen and oxygen atoms in total. The molecule has 0 spiro atoms. The standard InChI is InChI=1S/C18H30N2O/c1-5-19-17(16-8-6-7-9-18(16)21-4)13-20-11-10-14(2)15(3)12-20/h6-9,14-15,17,19H,5,10-13H2,1-4H3. The average molecular weight is 290 g/mol. The van der Waals surface area contributed by atoms with Gasteiger partial charge in [-0.1, -0.05) is 39.0 Å². The van der Waals surface area contributed by atoms with E-state index in [2.05, 4.69) is 49.2 Å². The van der Waals surface area contributed by atoms with Crippen molar-refractivity contribution in [2.75, 3.05) is 33.3 Å². The van der Waals surface area contributed by atoms with E-state index in [-0.39, 0.29) is 0 Å². The summed E-state index contributed by atoms with van der Waals surface area (Å²) in [7, 11) is 1.76. The number of ether oxygens (including phenoxy) is 1. The largest absolute Gasteiger partial charge is 0.496 e. The van der Waals surface area contributed by atoms with Crippen molar-refractivity contribution in [3.8, 4) is 5.75 Å². The summed E-state index contributed by atoms with van der Waals surface area (Å²) in [6, 6.07) is 8.72. The highest BCUT2D eigenvalue weighted by atomic mass is 16.5. The molecule has 3 atom stereocenters. The van der Waals surface area contributed by atoms with E-state index < -0.39 is 0 Å². The topological polar surface area (TPSA) is 24.5 Å². The van der Waals surface area contributed by atoms with Crippen LogP contribution in [0, 0.1) is 11.8 Å². The number of hydrogen-bond donors (Lipinski definition) is 1. The van der Waals surface area contributed by atoms with Gasteiger partial charge >= 0.3 is 0 Å². The Morgan fingerprint density at radius 1 is 1.29 bits per heavy atom. The van der Waals surface area contributed by atoms with Crippen molar-refractivity contribution in [3.05, 3.63) is 29.8 Å². The lowest BCUT2D eigenvalue weighted by molar-refractivity contribution is 0.126. The molecule has 0 aromatic heterocycles. The second-order valence-electron chi connectivity index (χ2n) is 6.36. The van der Waals surface area contributed by atoms with Gasteiger partial charge in [0.25, 0.3) is 0 Å². The molecule has 3 unspecified atom stereocenters. The number of nitrogens with one attached hydrogen (secondary N) is 1. The SMILES string of the molecule is CCNC(CN1CCC(C)C(C)C1)c1ccccc1OC. The minimum absolute atomic E-state index is 0.340.